The molecule has 3 N–H and O–H groups in total. The van der Waals surface area contributed by atoms with Gasteiger partial charge >= 0.3 is 0 Å². The van der Waals surface area contributed by atoms with Crippen LogP contribution in [-0.2, 0) is 15.8 Å². The largest absolute Gasteiger partial charge is 0.490 e. The van der Waals surface area contributed by atoms with Crippen molar-refractivity contribution >= 4 is 21.8 Å². The summed E-state index contributed by atoms with van der Waals surface area (Å²) < 4.78 is 35.2. The van der Waals surface area contributed by atoms with Gasteiger partial charge in [0.15, 0.2) is 0 Å². The second kappa shape index (κ2) is 8.56. The molecule has 10 nitrogen and oxygen atoms in total. The number of aryl methyl sites for hydroxylation is 2. The highest BCUT2D eigenvalue weighted by Gasteiger charge is 2.27. The average molecular weight is 483 g/mol. The summed E-state index contributed by atoms with van der Waals surface area (Å²) in [5, 5.41) is 2.97. The van der Waals surface area contributed by atoms with Crippen molar-refractivity contribution in [1.29, 1.82) is 0 Å². The number of carbonyl (C=O) groups is 1. The molecule has 3 heterocycles. The van der Waals surface area contributed by atoms with Gasteiger partial charge in [0.1, 0.15) is 29.8 Å². The molecule has 0 saturated heterocycles. The number of carbonyl (C=O) groups excluding carboxylic acids is 1. The maximum atomic E-state index is 13.0. The van der Waals surface area contributed by atoms with Gasteiger partial charge in [-0.25, -0.2) is 18.4 Å². The SMILES string of the molecule is Cc1cnc(C)n1-c1cc(C(=O)NC(C)(C)COc2cccc3c2C(N)=NS(=O)(=O)C3)ccn1. The van der Waals surface area contributed by atoms with Crippen LogP contribution >= 0.6 is 0 Å². The Morgan fingerprint density at radius 3 is 2.71 bits per heavy atom. The molecule has 3 aromatic rings. The number of fused-ring (bicyclic) bond motifs is 1. The molecule has 178 valence electrons. The summed E-state index contributed by atoms with van der Waals surface area (Å²) in [5.41, 5.74) is 7.50. The van der Waals surface area contributed by atoms with E-state index in [0.717, 1.165) is 11.5 Å². The molecule has 0 radical (unpaired) electrons. The van der Waals surface area contributed by atoms with Crippen LogP contribution < -0.4 is 15.8 Å². The molecule has 0 saturated carbocycles. The van der Waals surface area contributed by atoms with Gasteiger partial charge in [0.2, 0.25) is 0 Å². The van der Waals surface area contributed by atoms with Gasteiger partial charge in [-0.05, 0) is 51.5 Å². The Morgan fingerprint density at radius 2 is 2.00 bits per heavy atom. The highest BCUT2D eigenvalue weighted by Crippen LogP contribution is 2.28. The van der Waals surface area contributed by atoms with Crippen LogP contribution in [0.2, 0.25) is 0 Å². The summed E-state index contributed by atoms with van der Waals surface area (Å²) in [4.78, 5) is 21.6. The zero-order valence-corrected chi connectivity index (χ0v) is 20.2. The number of nitrogens with one attached hydrogen (secondary N) is 1. The van der Waals surface area contributed by atoms with Crippen LogP contribution in [-0.4, -0.2) is 46.8 Å². The van der Waals surface area contributed by atoms with Crippen molar-refractivity contribution in [3.63, 3.8) is 0 Å². The van der Waals surface area contributed by atoms with Crippen molar-refractivity contribution in [3.8, 4) is 11.6 Å². The number of rotatable bonds is 6. The fourth-order valence-electron chi connectivity index (χ4n) is 3.79. The average Bonchev–Trinajstić information content (AvgIpc) is 3.09. The number of nitrogens with zero attached hydrogens (tertiary/aromatic N) is 4. The summed E-state index contributed by atoms with van der Waals surface area (Å²) in [6, 6.07) is 8.43. The molecule has 0 spiro atoms. The third-order valence-electron chi connectivity index (χ3n) is 5.34. The van der Waals surface area contributed by atoms with E-state index in [9.17, 15) is 13.2 Å². The summed E-state index contributed by atoms with van der Waals surface area (Å²) >= 11 is 0. The molecule has 11 heteroatoms. The van der Waals surface area contributed by atoms with Crippen LogP contribution in [0.4, 0.5) is 0 Å². The van der Waals surface area contributed by atoms with Crippen LogP contribution in [0.5, 0.6) is 5.75 Å². The summed E-state index contributed by atoms with van der Waals surface area (Å²) in [7, 11) is -3.64. The number of aromatic nitrogens is 3. The number of ether oxygens (including phenoxy) is 1. The molecule has 0 fully saturated rings. The van der Waals surface area contributed by atoms with Gasteiger partial charge in [0.25, 0.3) is 15.9 Å². The van der Waals surface area contributed by atoms with Crippen LogP contribution in [0, 0.1) is 13.8 Å². The molecule has 0 aliphatic carbocycles. The van der Waals surface area contributed by atoms with Gasteiger partial charge in [0, 0.05) is 23.7 Å². The first-order valence-corrected chi connectivity index (χ1v) is 12.2. The van der Waals surface area contributed by atoms with Crippen molar-refractivity contribution in [2.24, 2.45) is 10.1 Å². The summed E-state index contributed by atoms with van der Waals surface area (Å²) in [5.74, 6) is 1.17. The van der Waals surface area contributed by atoms with E-state index >= 15 is 0 Å². The number of amides is 1. The van der Waals surface area contributed by atoms with Crippen molar-refractivity contribution in [1.82, 2.24) is 19.9 Å². The lowest BCUT2D eigenvalue weighted by atomic mass is 10.0. The molecule has 0 atom stereocenters. The molecule has 0 bridgehead atoms. The second-order valence-electron chi connectivity index (χ2n) is 8.80. The van der Waals surface area contributed by atoms with Crippen LogP contribution in [0.3, 0.4) is 0 Å². The Labute approximate surface area is 198 Å². The maximum Gasteiger partial charge on any atom is 0.259 e. The first kappa shape index (κ1) is 23.4. The lowest BCUT2D eigenvalue weighted by Gasteiger charge is -2.27. The molecule has 4 rings (SSSR count). The quantitative estimate of drug-likeness (QED) is 0.547. The van der Waals surface area contributed by atoms with Gasteiger partial charge < -0.3 is 15.8 Å². The summed E-state index contributed by atoms with van der Waals surface area (Å²) in [6.45, 7) is 7.57. The number of pyridine rings is 1. The number of benzene rings is 1. The first-order chi connectivity index (χ1) is 16.0. The predicted molar refractivity (Wildman–Crippen MR) is 128 cm³/mol. The van der Waals surface area contributed by atoms with Gasteiger partial charge in [-0.1, -0.05) is 12.1 Å². The van der Waals surface area contributed by atoms with Crippen molar-refractivity contribution in [3.05, 3.63) is 70.9 Å². The van der Waals surface area contributed by atoms with Gasteiger partial charge in [-0.15, -0.1) is 4.40 Å². The van der Waals surface area contributed by atoms with E-state index in [1.807, 2.05) is 32.3 Å². The zero-order valence-electron chi connectivity index (χ0n) is 19.4. The van der Waals surface area contributed by atoms with E-state index in [4.69, 9.17) is 10.5 Å². The molecule has 1 amide bonds. The van der Waals surface area contributed by atoms with E-state index < -0.39 is 15.6 Å². The Balaban J connectivity index is 1.49. The lowest BCUT2D eigenvalue weighted by molar-refractivity contribution is 0.0880. The molecular formula is C23H26N6O4S. The Morgan fingerprint density at radius 1 is 1.24 bits per heavy atom. The molecule has 0 unspecified atom stereocenters. The minimum atomic E-state index is -3.64. The van der Waals surface area contributed by atoms with Crippen molar-refractivity contribution in [2.45, 2.75) is 39.0 Å². The van der Waals surface area contributed by atoms with Crippen LogP contribution in [0.25, 0.3) is 5.82 Å². The van der Waals surface area contributed by atoms with Gasteiger partial charge in [-0.3, -0.25) is 9.36 Å². The van der Waals surface area contributed by atoms with Gasteiger partial charge in [-0.2, -0.15) is 0 Å². The smallest absolute Gasteiger partial charge is 0.259 e. The number of imidazole rings is 1. The van der Waals surface area contributed by atoms with Crippen LogP contribution in [0.1, 0.15) is 46.9 Å². The normalized spacial score (nSPS) is 14.8. The monoisotopic (exact) mass is 482 g/mol. The summed E-state index contributed by atoms with van der Waals surface area (Å²) in [6.07, 6.45) is 3.33. The third kappa shape index (κ3) is 4.79. The molecule has 1 aromatic carbocycles. The van der Waals surface area contributed by atoms with E-state index in [2.05, 4.69) is 19.7 Å². The first-order valence-electron chi connectivity index (χ1n) is 10.6. The predicted octanol–water partition coefficient (Wildman–Crippen LogP) is 2.02. The second-order valence-corrected chi connectivity index (χ2v) is 10.4. The fraction of sp³-hybridized carbons (Fsp3) is 0.304. The highest BCUT2D eigenvalue weighted by molar-refractivity contribution is 7.89. The standard InChI is InChI=1S/C23H26N6O4S/c1-14-11-26-15(2)29(14)19-10-16(8-9-25-19)22(30)27-23(3,4)13-33-18-7-5-6-17-12-34(31,32)28-21(24)20(17)18/h5-11H,12-13H2,1-4H3,(H2,24,28)(H,27,30). The molecule has 1 aliphatic rings. The minimum Gasteiger partial charge on any atom is -0.490 e. The van der Waals surface area contributed by atoms with Crippen molar-refractivity contribution < 1.29 is 17.9 Å². The number of hydrogen-bond acceptors (Lipinski definition) is 7. The zero-order chi connectivity index (χ0) is 24.7. The van der Waals surface area contributed by atoms with E-state index in [1.54, 1.807) is 42.7 Å². The van der Waals surface area contributed by atoms with Crippen LogP contribution in [0.15, 0.2) is 47.1 Å². The van der Waals surface area contributed by atoms with Gasteiger partial charge in [0.05, 0.1) is 16.9 Å². The molecule has 34 heavy (non-hydrogen) atoms. The Bertz CT molecular complexity index is 1390. The van der Waals surface area contributed by atoms with E-state index in [0.29, 0.717) is 28.3 Å². The Kier molecular flexibility index (Phi) is 5.90. The van der Waals surface area contributed by atoms with E-state index in [-0.39, 0.29) is 24.1 Å². The topological polar surface area (TPSA) is 142 Å². The fourth-order valence-corrected chi connectivity index (χ4v) is 4.88. The molecule has 1 aliphatic heterocycles. The number of hydrogen-bond donors (Lipinski definition) is 2. The minimum absolute atomic E-state index is 0.104. The maximum absolute atomic E-state index is 13.0. The number of nitrogens with two attached hydrogens (primary N) is 1. The molecular weight excluding hydrogens is 456 g/mol. The number of amidine groups is 1. The van der Waals surface area contributed by atoms with E-state index in [1.165, 1.54) is 0 Å². The lowest BCUT2D eigenvalue weighted by Crippen LogP contribution is -2.48. The number of sulfonamides is 1. The third-order valence-corrected chi connectivity index (χ3v) is 6.49. The highest BCUT2D eigenvalue weighted by atomic mass is 32.2. The van der Waals surface area contributed by atoms with Crippen molar-refractivity contribution in [2.75, 3.05) is 6.61 Å². The molecule has 2 aromatic heterocycles. The Hall–Kier alpha value is -3.73.